The number of nitrogens with one attached hydrogen (secondary N) is 1. The summed E-state index contributed by atoms with van der Waals surface area (Å²) in [5.41, 5.74) is -0.112. The Morgan fingerprint density at radius 3 is 2.63 bits per heavy atom. The topological polar surface area (TPSA) is 35.6 Å². The van der Waals surface area contributed by atoms with Crippen LogP contribution in [0.3, 0.4) is 0 Å². The number of amides is 1. The number of rotatable bonds is 3. The first-order chi connectivity index (χ1) is 9.04. The molecule has 1 aliphatic heterocycles. The van der Waals surface area contributed by atoms with E-state index in [9.17, 15) is 13.6 Å². The van der Waals surface area contributed by atoms with Crippen LogP contribution in [0.2, 0.25) is 0 Å². The molecule has 1 N–H and O–H groups in total. The largest absolute Gasteiger partial charge is 0.322 e. The second-order valence-electron chi connectivity index (χ2n) is 4.75. The van der Waals surface area contributed by atoms with Gasteiger partial charge in [0.1, 0.15) is 11.6 Å². The smallest absolute Gasteiger partial charge is 0.238 e. The predicted octanol–water partition coefficient (Wildman–Crippen LogP) is 1.15. The first kappa shape index (κ1) is 13.9. The summed E-state index contributed by atoms with van der Waals surface area (Å²) in [4.78, 5) is 15.9. The van der Waals surface area contributed by atoms with Crippen molar-refractivity contribution >= 4 is 11.6 Å². The second-order valence-corrected chi connectivity index (χ2v) is 4.75. The number of halogens is 2. The summed E-state index contributed by atoms with van der Waals surface area (Å²) in [7, 11) is 2.03. The van der Waals surface area contributed by atoms with Gasteiger partial charge in [0.25, 0.3) is 0 Å². The van der Waals surface area contributed by atoms with Crippen molar-refractivity contribution in [3.63, 3.8) is 0 Å². The molecule has 6 heteroatoms. The van der Waals surface area contributed by atoms with Gasteiger partial charge in [-0.3, -0.25) is 9.69 Å². The van der Waals surface area contributed by atoms with Crippen molar-refractivity contribution in [3.05, 3.63) is 29.8 Å². The molecule has 1 aromatic carbocycles. The molecule has 1 amide bonds. The summed E-state index contributed by atoms with van der Waals surface area (Å²) in [6.45, 7) is 3.61. The summed E-state index contributed by atoms with van der Waals surface area (Å²) in [6, 6.07) is 3.00. The molecule has 0 unspecified atom stereocenters. The van der Waals surface area contributed by atoms with E-state index in [0.717, 1.165) is 44.4 Å². The minimum absolute atomic E-state index is 0.112. The lowest BCUT2D eigenvalue weighted by Crippen LogP contribution is -2.47. The van der Waals surface area contributed by atoms with Crippen LogP contribution in [0, 0.1) is 11.6 Å². The van der Waals surface area contributed by atoms with Gasteiger partial charge in [-0.2, -0.15) is 0 Å². The van der Waals surface area contributed by atoms with Gasteiger partial charge in [-0.25, -0.2) is 8.78 Å². The quantitative estimate of drug-likeness (QED) is 0.894. The van der Waals surface area contributed by atoms with Gasteiger partial charge < -0.3 is 10.2 Å². The van der Waals surface area contributed by atoms with Gasteiger partial charge in [0, 0.05) is 32.2 Å². The summed E-state index contributed by atoms with van der Waals surface area (Å²) >= 11 is 0. The molecule has 1 saturated heterocycles. The molecular formula is C13H17F2N3O. The number of benzene rings is 1. The Bertz CT molecular complexity index is 459. The van der Waals surface area contributed by atoms with E-state index >= 15 is 0 Å². The van der Waals surface area contributed by atoms with Gasteiger partial charge in [0.05, 0.1) is 12.2 Å². The van der Waals surface area contributed by atoms with Crippen LogP contribution in [0.4, 0.5) is 14.5 Å². The summed E-state index contributed by atoms with van der Waals surface area (Å²) in [5, 5.41) is 2.40. The zero-order valence-corrected chi connectivity index (χ0v) is 10.8. The summed E-state index contributed by atoms with van der Waals surface area (Å²) in [6.07, 6.45) is 0. The molecule has 4 nitrogen and oxygen atoms in total. The van der Waals surface area contributed by atoms with Crippen LogP contribution in [0.5, 0.6) is 0 Å². The van der Waals surface area contributed by atoms with Crippen LogP contribution in [0.25, 0.3) is 0 Å². The van der Waals surface area contributed by atoms with E-state index < -0.39 is 11.6 Å². The highest BCUT2D eigenvalue weighted by Gasteiger charge is 2.17. The number of hydrogen-bond acceptors (Lipinski definition) is 3. The maximum absolute atomic E-state index is 13.4. The zero-order valence-electron chi connectivity index (χ0n) is 10.8. The number of piperazine rings is 1. The van der Waals surface area contributed by atoms with Crippen molar-refractivity contribution in [3.8, 4) is 0 Å². The third-order valence-electron chi connectivity index (χ3n) is 3.17. The van der Waals surface area contributed by atoms with E-state index in [1.807, 2.05) is 11.9 Å². The van der Waals surface area contributed by atoms with E-state index in [1.54, 1.807) is 0 Å². The monoisotopic (exact) mass is 269 g/mol. The lowest BCUT2D eigenvalue weighted by molar-refractivity contribution is -0.117. The summed E-state index contributed by atoms with van der Waals surface area (Å²) < 4.78 is 26.3. The van der Waals surface area contributed by atoms with Gasteiger partial charge in [0.2, 0.25) is 5.91 Å². The van der Waals surface area contributed by atoms with Crippen molar-refractivity contribution in [2.45, 2.75) is 0 Å². The fourth-order valence-corrected chi connectivity index (χ4v) is 1.99. The Labute approximate surface area is 111 Å². The van der Waals surface area contributed by atoms with Gasteiger partial charge in [-0.1, -0.05) is 0 Å². The van der Waals surface area contributed by atoms with Crippen molar-refractivity contribution < 1.29 is 13.6 Å². The molecule has 19 heavy (non-hydrogen) atoms. The van der Waals surface area contributed by atoms with Gasteiger partial charge >= 0.3 is 0 Å². The second kappa shape index (κ2) is 6.08. The molecule has 1 aromatic rings. The number of carbonyl (C=O) groups is 1. The fourth-order valence-electron chi connectivity index (χ4n) is 1.99. The predicted molar refractivity (Wildman–Crippen MR) is 68.9 cm³/mol. The Kier molecular flexibility index (Phi) is 4.44. The maximum Gasteiger partial charge on any atom is 0.238 e. The van der Waals surface area contributed by atoms with E-state index in [4.69, 9.17) is 0 Å². The number of carbonyl (C=O) groups excluding carboxylic acids is 1. The molecule has 0 saturated carbocycles. The molecular weight excluding hydrogens is 252 g/mol. The van der Waals surface area contributed by atoms with Crippen LogP contribution in [-0.2, 0) is 4.79 Å². The number of likely N-dealkylation sites (N-methyl/N-ethyl adjacent to an activating group) is 1. The Morgan fingerprint density at radius 2 is 1.95 bits per heavy atom. The molecule has 1 heterocycles. The first-order valence-electron chi connectivity index (χ1n) is 6.20. The van der Waals surface area contributed by atoms with Crippen molar-refractivity contribution in [1.82, 2.24) is 9.80 Å². The lowest BCUT2D eigenvalue weighted by Gasteiger charge is -2.31. The maximum atomic E-state index is 13.4. The van der Waals surface area contributed by atoms with E-state index in [-0.39, 0.29) is 18.1 Å². The Balaban J connectivity index is 1.89. The van der Waals surface area contributed by atoms with Gasteiger partial charge in [-0.05, 0) is 19.2 Å². The van der Waals surface area contributed by atoms with E-state index in [2.05, 4.69) is 10.2 Å². The first-order valence-corrected chi connectivity index (χ1v) is 6.20. The highest BCUT2D eigenvalue weighted by atomic mass is 19.1. The molecule has 0 radical (unpaired) electrons. The number of anilines is 1. The standard InChI is InChI=1S/C13H17F2N3O/c1-17-4-6-18(7-5-17)9-13(19)16-12-8-10(14)2-3-11(12)15/h2-3,8H,4-7,9H2,1H3,(H,16,19). The van der Waals surface area contributed by atoms with Gasteiger partial charge in [-0.15, -0.1) is 0 Å². The van der Waals surface area contributed by atoms with Crippen molar-refractivity contribution in [2.75, 3.05) is 45.1 Å². The molecule has 1 fully saturated rings. The zero-order chi connectivity index (χ0) is 13.8. The average Bonchev–Trinajstić information content (AvgIpc) is 2.37. The highest BCUT2D eigenvalue weighted by molar-refractivity contribution is 5.92. The SMILES string of the molecule is CN1CCN(CC(=O)Nc2cc(F)ccc2F)CC1. The molecule has 104 valence electrons. The molecule has 0 aromatic heterocycles. The molecule has 0 spiro atoms. The number of nitrogens with zero attached hydrogens (tertiary/aromatic N) is 2. The van der Waals surface area contributed by atoms with E-state index in [1.165, 1.54) is 0 Å². The molecule has 0 bridgehead atoms. The third-order valence-corrected chi connectivity index (χ3v) is 3.17. The highest BCUT2D eigenvalue weighted by Crippen LogP contribution is 2.15. The Morgan fingerprint density at radius 1 is 1.26 bits per heavy atom. The molecule has 1 aliphatic rings. The third kappa shape index (κ3) is 3.97. The van der Waals surface area contributed by atoms with Crippen LogP contribution < -0.4 is 5.32 Å². The van der Waals surface area contributed by atoms with Crippen LogP contribution in [0.15, 0.2) is 18.2 Å². The lowest BCUT2D eigenvalue weighted by atomic mass is 10.3. The minimum Gasteiger partial charge on any atom is -0.322 e. The summed E-state index contributed by atoms with van der Waals surface area (Å²) in [5.74, 6) is -1.53. The normalized spacial score (nSPS) is 17.4. The molecule has 0 atom stereocenters. The van der Waals surface area contributed by atoms with Crippen molar-refractivity contribution in [2.24, 2.45) is 0 Å². The van der Waals surface area contributed by atoms with Gasteiger partial charge in [0.15, 0.2) is 0 Å². The van der Waals surface area contributed by atoms with Crippen LogP contribution >= 0.6 is 0 Å². The number of hydrogen-bond donors (Lipinski definition) is 1. The fraction of sp³-hybridized carbons (Fsp3) is 0.462. The van der Waals surface area contributed by atoms with Crippen molar-refractivity contribution in [1.29, 1.82) is 0 Å². The van der Waals surface area contributed by atoms with Crippen LogP contribution in [-0.4, -0.2) is 55.5 Å². The minimum atomic E-state index is -0.631. The van der Waals surface area contributed by atoms with E-state index in [0.29, 0.717) is 0 Å². The molecule has 2 rings (SSSR count). The average molecular weight is 269 g/mol. The van der Waals surface area contributed by atoms with Crippen LogP contribution in [0.1, 0.15) is 0 Å². The Hall–Kier alpha value is -1.53. The molecule has 0 aliphatic carbocycles.